The third kappa shape index (κ3) is 2.96. The van der Waals surface area contributed by atoms with Gasteiger partial charge in [-0.05, 0) is 47.8 Å². The molecule has 5 rings (SSSR count). The molecule has 0 aliphatic rings. The van der Waals surface area contributed by atoms with Gasteiger partial charge in [-0.15, -0.1) is 11.3 Å². The van der Waals surface area contributed by atoms with Gasteiger partial charge >= 0.3 is 0 Å². The molecule has 0 unspecified atom stereocenters. The number of halogens is 1. The molecule has 5 aromatic rings. The predicted octanol–water partition coefficient (Wildman–Crippen LogP) is 6.37. The summed E-state index contributed by atoms with van der Waals surface area (Å²) in [6, 6.07) is 15.6. The molecule has 0 atom stereocenters. The Balaban J connectivity index is 1.45. The number of nitrogens with one attached hydrogen (secondary N) is 1. The van der Waals surface area contributed by atoms with Crippen LogP contribution in [0.5, 0.6) is 11.5 Å². The van der Waals surface area contributed by atoms with Crippen molar-refractivity contribution in [2.75, 3.05) is 5.32 Å². The summed E-state index contributed by atoms with van der Waals surface area (Å²) in [7, 11) is 1.96. The summed E-state index contributed by atoms with van der Waals surface area (Å²) in [5.41, 5.74) is 2.64. The van der Waals surface area contributed by atoms with E-state index in [1.54, 1.807) is 17.7 Å². The van der Waals surface area contributed by atoms with Crippen LogP contribution in [0.4, 0.5) is 11.5 Å². The van der Waals surface area contributed by atoms with Crippen LogP contribution in [-0.2, 0) is 7.05 Å². The molecular weight excluding hydrogens is 392 g/mol. The summed E-state index contributed by atoms with van der Waals surface area (Å²) in [5.74, 6) is 2.13. The number of aromatic nitrogens is 3. The van der Waals surface area contributed by atoms with Gasteiger partial charge in [-0.2, -0.15) is 0 Å². The Labute approximate surface area is 170 Å². The second-order valence-corrected chi connectivity index (χ2v) is 7.70. The maximum Gasteiger partial charge on any atom is 0.158 e. The van der Waals surface area contributed by atoms with Gasteiger partial charge in [-0.25, -0.2) is 9.97 Å². The van der Waals surface area contributed by atoms with Crippen LogP contribution >= 0.6 is 22.9 Å². The van der Waals surface area contributed by atoms with E-state index in [2.05, 4.69) is 32.8 Å². The molecule has 2 aromatic carbocycles. The molecule has 3 heterocycles. The maximum absolute atomic E-state index is 6.50. The normalized spacial score (nSPS) is 11.2. The quantitative estimate of drug-likeness (QED) is 0.376. The van der Waals surface area contributed by atoms with Crippen molar-refractivity contribution in [2.45, 2.75) is 0 Å². The summed E-state index contributed by atoms with van der Waals surface area (Å²) in [5, 5.41) is 6.98. The molecule has 0 spiro atoms. The number of fused-ring (bicyclic) bond motifs is 2. The Bertz CT molecular complexity index is 1310. The molecule has 0 aliphatic carbocycles. The summed E-state index contributed by atoms with van der Waals surface area (Å²) < 4.78 is 9.25. The first-order chi connectivity index (χ1) is 13.7. The fourth-order valence-electron chi connectivity index (χ4n) is 3.18. The van der Waals surface area contributed by atoms with Crippen LogP contribution in [0.1, 0.15) is 0 Å². The zero-order chi connectivity index (χ0) is 19.1. The number of hydrogen-bond acceptors (Lipinski definition) is 5. The van der Waals surface area contributed by atoms with Gasteiger partial charge < -0.3 is 14.6 Å². The molecule has 0 fully saturated rings. The van der Waals surface area contributed by atoms with Crippen molar-refractivity contribution in [1.29, 1.82) is 0 Å². The predicted molar refractivity (Wildman–Crippen MR) is 115 cm³/mol. The van der Waals surface area contributed by atoms with Crippen LogP contribution in [0.25, 0.3) is 21.1 Å². The van der Waals surface area contributed by atoms with E-state index in [0.717, 1.165) is 33.7 Å². The Morgan fingerprint density at radius 3 is 2.89 bits per heavy atom. The fraction of sp³-hybridized carbons (Fsp3) is 0.0476. The molecule has 0 aliphatic heterocycles. The fourth-order valence-corrected chi connectivity index (χ4v) is 4.20. The number of nitrogens with zero attached hydrogens (tertiary/aromatic N) is 3. The van der Waals surface area contributed by atoms with Crippen molar-refractivity contribution >= 4 is 55.6 Å². The minimum Gasteiger partial charge on any atom is -0.455 e. The second kappa shape index (κ2) is 6.82. The van der Waals surface area contributed by atoms with Crippen LogP contribution in [0.3, 0.4) is 0 Å². The molecule has 3 aromatic heterocycles. The van der Waals surface area contributed by atoms with E-state index in [-0.39, 0.29) is 0 Å². The minimum atomic E-state index is 0.523. The van der Waals surface area contributed by atoms with Gasteiger partial charge in [0.15, 0.2) is 5.82 Å². The second-order valence-electron chi connectivity index (χ2n) is 6.34. The topological polar surface area (TPSA) is 52.0 Å². The van der Waals surface area contributed by atoms with Crippen molar-refractivity contribution in [3.63, 3.8) is 0 Å². The molecule has 1 N–H and O–H groups in total. The lowest BCUT2D eigenvalue weighted by Crippen LogP contribution is -1.98. The molecule has 5 nitrogen and oxygen atoms in total. The van der Waals surface area contributed by atoms with Crippen molar-refractivity contribution in [3.8, 4) is 11.5 Å². The average Bonchev–Trinajstić information content (AvgIpc) is 3.32. The van der Waals surface area contributed by atoms with E-state index in [0.29, 0.717) is 10.8 Å². The zero-order valence-electron chi connectivity index (χ0n) is 14.9. The van der Waals surface area contributed by atoms with Gasteiger partial charge in [0.05, 0.1) is 10.5 Å². The van der Waals surface area contributed by atoms with Crippen molar-refractivity contribution in [1.82, 2.24) is 14.5 Å². The number of rotatable bonds is 4. The molecule has 28 heavy (non-hydrogen) atoms. The van der Waals surface area contributed by atoms with Gasteiger partial charge in [0, 0.05) is 29.0 Å². The van der Waals surface area contributed by atoms with Crippen molar-refractivity contribution < 1.29 is 4.74 Å². The highest BCUT2D eigenvalue weighted by Gasteiger charge is 2.11. The van der Waals surface area contributed by atoms with Crippen LogP contribution in [-0.4, -0.2) is 14.5 Å². The van der Waals surface area contributed by atoms with E-state index in [9.17, 15) is 0 Å². The summed E-state index contributed by atoms with van der Waals surface area (Å²) in [6.45, 7) is 0. The van der Waals surface area contributed by atoms with E-state index in [1.165, 1.54) is 4.70 Å². The number of ether oxygens (including phenoxy) is 1. The van der Waals surface area contributed by atoms with Gasteiger partial charge in [-0.3, -0.25) is 0 Å². The van der Waals surface area contributed by atoms with Crippen LogP contribution < -0.4 is 10.1 Å². The van der Waals surface area contributed by atoms with E-state index >= 15 is 0 Å². The van der Waals surface area contributed by atoms with Gasteiger partial charge in [0.1, 0.15) is 23.3 Å². The molecule has 7 heteroatoms. The molecule has 0 radical (unpaired) electrons. The lowest BCUT2D eigenvalue weighted by Gasteiger charge is -2.12. The summed E-state index contributed by atoms with van der Waals surface area (Å²) >= 11 is 8.18. The van der Waals surface area contributed by atoms with Gasteiger partial charge in [-0.1, -0.05) is 17.7 Å². The summed E-state index contributed by atoms with van der Waals surface area (Å²) in [4.78, 5) is 8.65. The van der Waals surface area contributed by atoms with Gasteiger partial charge in [0.25, 0.3) is 0 Å². The zero-order valence-corrected chi connectivity index (χ0v) is 16.5. The number of aryl methyl sites for hydroxylation is 1. The monoisotopic (exact) mass is 406 g/mol. The van der Waals surface area contributed by atoms with Crippen molar-refractivity contribution in [2.24, 2.45) is 7.05 Å². The largest absolute Gasteiger partial charge is 0.455 e. The number of hydrogen-bond donors (Lipinski definition) is 1. The van der Waals surface area contributed by atoms with Crippen LogP contribution in [0.2, 0.25) is 5.02 Å². The standard InChI is InChI=1S/C21H15ClN4OS/c1-26-9-7-16-20(26)21(24-12-23-16)25-13-5-6-18(15(22)11-13)27-17-3-2-4-19-14(17)8-10-28-19/h2-12H,1H3,(H,23,24,25). The first-order valence-electron chi connectivity index (χ1n) is 8.66. The average molecular weight is 407 g/mol. The molecule has 138 valence electrons. The number of thiophene rings is 1. The Kier molecular flexibility index (Phi) is 4.15. The highest BCUT2D eigenvalue weighted by Crippen LogP contribution is 2.37. The molecule has 0 bridgehead atoms. The molecular formula is C21H15ClN4OS. The molecule has 0 saturated carbocycles. The smallest absolute Gasteiger partial charge is 0.158 e. The summed E-state index contributed by atoms with van der Waals surface area (Å²) in [6.07, 6.45) is 3.50. The number of benzene rings is 2. The first-order valence-corrected chi connectivity index (χ1v) is 9.91. The lowest BCUT2D eigenvalue weighted by molar-refractivity contribution is 0.489. The Hall–Kier alpha value is -3.09. The molecule has 0 amide bonds. The first kappa shape index (κ1) is 17.0. The lowest BCUT2D eigenvalue weighted by atomic mass is 10.2. The van der Waals surface area contributed by atoms with Crippen LogP contribution in [0, 0.1) is 0 Å². The van der Waals surface area contributed by atoms with Crippen molar-refractivity contribution in [3.05, 3.63) is 71.5 Å². The minimum absolute atomic E-state index is 0.523. The van der Waals surface area contributed by atoms with E-state index < -0.39 is 0 Å². The third-order valence-electron chi connectivity index (χ3n) is 4.53. The van der Waals surface area contributed by atoms with E-state index in [4.69, 9.17) is 16.3 Å². The highest BCUT2D eigenvalue weighted by atomic mass is 35.5. The SMILES string of the molecule is Cn1ccc2ncnc(Nc3ccc(Oc4cccc5sccc45)c(Cl)c3)c21. The third-order valence-corrected chi connectivity index (χ3v) is 5.71. The highest BCUT2D eigenvalue weighted by molar-refractivity contribution is 7.17. The maximum atomic E-state index is 6.50. The molecule has 0 saturated heterocycles. The van der Waals surface area contributed by atoms with Gasteiger partial charge in [0.2, 0.25) is 0 Å². The van der Waals surface area contributed by atoms with Crippen LogP contribution in [0.15, 0.2) is 66.4 Å². The number of anilines is 2. The Morgan fingerprint density at radius 2 is 2.00 bits per heavy atom. The van der Waals surface area contributed by atoms with E-state index in [1.807, 2.05) is 54.2 Å². The Morgan fingerprint density at radius 1 is 1.07 bits per heavy atom.